The van der Waals surface area contributed by atoms with Crippen LogP contribution in [-0.2, 0) is 0 Å². The van der Waals surface area contributed by atoms with Crippen molar-refractivity contribution >= 4 is 22.2 Å². The topological polar surface area (TPSA) is 66.3 Å². The number of aromatic nitrogens is 2. The maximum absolute atomic E-state index is 13.8. The Morgan fingerprint density at radius 1 is 1.10 bits per heavy atom. The molecule has 4 aromatic rings. The number of benzene rings is 1. The Bertz CT molecular complexity index is 1270. The number of anilines is 1. The van der Waals surface area contributed by atoms with Crippen LogP contribution in [0.1, 0.15) is 12.8 Å². The van der Waals surface area contributed by atoms with E-state index in [0.29, 0.717) is 33.5 Å². The van der Waals surface area contributed by atoms with Crippen molar-refractivity contribution in [1.82, 2.24) is 9.38 Å². The molecule has 8 heteroatoms. The van der Waals surface area contributed by atoms with E-state index in [-0.39, 0.29) is 25.9 Å². The van der Waals surface area contributed by atoms with Crippen LogP contribution in [0.15, 0.2) is 64.6 Å². The van der Waals surface area contributed by atoms with E-state index in [9.17, 15) is 14.0 Å². The third-order valence-corrected chi connectivity index (χ3v) is 5.36. The Hall–Kier alpha value is -3.42. The van der Waals surface area contributed by atoms with Gasteiger partial charge in [-0.2, -0.15) is 0 Å². The van der Waals surface area contributed by atoms with Crippen molar-refractivity contribution in [2.24, 2.45) is 5.16 Å². The fourth-order valence-electron chi connectivity index (χ4n) is 3.83. The SMILES string of the molecule is ON=c1c(N2CCC(F)(F)CC2)c(-c2cc3cccn3cn2)oc2ccccc12. The van der Waals surface area contributed by atoms with Gasteiger partial charge in [0.05, 0.1) is 6.33 Å². The highest BCUT2D eigenvalue weighted by Crippen LogP contribution is 2.35. The molecule has 1 fully saturated rings. The first kappa shape index (κ1) is 17.7. The van der Waals surface area contributed by atoms with Crippen LogP contribution in [0.5, 0.6) is 0 Å². The summed E-state index contributed by atoms with van der Waals surface area (Å²) in [5, 5.41) is 14.3. The van der Waals surface area contributed by atoms with E-state index in [2.05, 4.69) is 10.1 Å². The van der Waals surface area contributed by atoms with Gasteiger partial charge in [-0.05, 0) is 30.3 Å². The second-order valence-electron chi connectivity index (χ2n) is 7.18. The smallest absolute Gasteiger partial charge is 0.251 e. The van der Waals surface area contributed by atoms with Gasteiger partial charge in [-0.15, -0.1) is 0 Å². The Balaban J connectivity index is 1.77. The number of piperidine rings is 1. The lowest BCUT2D eigenvalue weighted by atomic mass is 10.0. The van der Waals surface area contributed by atoms with Crippen molar-refractivity contribution in [3.05, 3.63) is 60.3 Å². The molecular formula is C21H18F2N4O2. The van der Waals surface area contributed by atoms with Crippen molar-refractivity contribution in [2.75, 3.05) is 18.0 Å². The Kier molecular flexibility index (Phi) is 4.01. The van der Waals surface area contributed by atoms with E-state index in [1.807, 2.05) is 40.9 Å². The number of rotatable bonds is 2. The summed E-state index contributed by atoms with van der Waals surface area (Å²) in [6.45, 7) is 0.257. The predicted octanol–water partition coefficient (Wildman–Crippen LogP) is 4.27. The van der Waals surface area contributed by atoms with Crippen LogP contribution in [-0.4, -0.2) is 33.6 Å². The quantitative estimate of drug-likeness (QED) is 0.406. The van der Waals surface area contributed by atoms with E-state index in [4.69, 9.17) is 4.42 Å². The first-order valence-corrected chi connectivity index (χ1v) is 9.35. The third-order valence-electron chi connectivity index (χ3n) is 5.36. The van der Waals surface area contributed by atoms with Gasteiger partial charge < -0.3 is 18.9 Å². The molecule has 1 saturated heterocycles. The van der Waals surface area contributed by atoms with Crippen molar-refractivity contribution in [3.63, 3.8) is 0 Å². The van der Waals surface area contributed by atoms with Crippen LogP contribution in [0.2, 0.25) is 0 Å². The number of alkyl halides is 2. The normalized spacial score (nSPS) is 17.3. The van der Waals surface area contributed by atoms with Gasteiger partial charge in [0, 0.05) is 43.0 Å². The van der Waals surface area contributed by atoms with Gasteiger partial charge in [-0.25, -0.2) is 13.8 Å². The number of nitrogens with zero attached hydrogens (tertiary/aromatic N) is 4. The van der Waals surface area contributed by atoms with Crippen LogP contribution < -0.4 is 10.3 Å². The minimum atomic E-state index is -2.69. The summed E-state index contributed by atoms with van der Waals surface area (Å²) in [5.41, 5.74) is 2.46. The molecule has 0 unspecified atom stereocenters. The Morgan fingerprint density at radius 2 is 1.90 bits per heavy atom. The summed E-state index contributed by atoms with van der Waals surface area (Å²) in [6, 6.07) is 12.9. The third kappa shape index (κ3) is 3.00. The summed E-state index contributed by atoms with van der Waals surface area (Å²) in [4.78, 5) is 6.28. The summed E-state index contributed by atoms with van der Waals surface area (Å²) in [6.07, 6.45) is 3.01. The van der Waals surface area contributed by atoms with Gasteiger partial charge in [0.1, 0.15) is 22.3 Å². The summed E-state index contributed by atoms with van der Waals surface area (Å²) >= 11 is 0. The summed E-state index contributed by atoms with van der Waals surface area (Å²) < 4.78 is 35.6. The molecule has 1 aromatic carbocycles. The van der Waals surface area contributed by atoms with Crippen LogP contribution in [0.4, 0.5) is 14.5 Å². The van der Waals surface area contributed by atoms with E-state index in [0.717, 1.165) is 5.52 Å². The Labute approximate surface area is 164 Å². The zero-order valence-corrected chi connectivity index (χ0v) is 15.4. The maximum atomic E-state index is 13.8. The highest BCUT2D eigenvalue weighted by molar-refractivity contribution is 5.86. The first-order valence-electron chi connectivity index (χ1n) is 9.35. The monoisotopic (exact) mass is 396 g/mol. The van der Waals surface area contributed by atoms with Crippen molar-refractivity contribution in [3.8, 4) is 11.5 Å². The molecule has 6 nitrogen and oxygen atoms in total. The van der Waals surface area contributed by atoms with Crippen molar-refractivity contribution < 1.29 is 18.4 Å². The first-order chi connectivity index (χ1) is 14.1. The molecule has 0 spiro atoms. The van der Waals surface area contributed by atoms with Crippen molar-refractivity contribution in [2.45, 2.75) is 18.8 Å². The molecule has 29 heavy (non-hydrogen) atoms. The van der Waals surface area contributed by atoms with Gasteiger partial charge in [-0.3, -0.25) is 0 Å². The standard InChI is InChI=1S/C21H18F2N4O2/c22-21(23)7-10-26(11-8-21)19-18(25-28)15-5-1-2-6-17(15)29-20(19)16-12-14-4-3-9-27(14)13-24-16/h1-6,9,12-13,28H,7-8,10-11H2. The second kappa shape index (κ2) is 6.58. The molecule has 3 aromatic heterocycles. The van der Waals surface area contributed by atoms with E-state index in [1.165, 1.54) is 0 Å². The molecule has 0 aliphatic carbocycles. The van der Waals surface area contributed by atoms with Crippen molar-refractivity contribution in [1.29, 1.82) is 0 Å². The molecule has 148 valence electrons. The average molecular weight is 396 g/mol. The Morgan fingerprint density at radius 3 is 2.69 bits per heavy atom. The fraction of sp³-hybridized carbons (Fsp3) is 0.238. The molecule has 1 aliphatic heterocycles. The number of halogens is 2. The van der Waals surface area contributed by atoms with E-state index in [1.54, 1.807) is 23.4 Å². The lowest BCUT2D eigenvalue weighted by molar-refractivity contribution is -0.0221. The van der Waals surface area contributed by atoms with Crippen LogP contribution in [0, 0.1) is 0 Å². The lowest BCUT2D eigenvalue weighted by Gasteiger charge is -2.34. The zero-order chi connectivity index (χ0) is 20.0. The molecule has 5 rings (SSSR count). The number of hydrogen-bond donors (Lipinski definition) is 1. The fourth-order valence-corrected chi connectivity index (χ4v) is 3.83. The van der Waals surface area contributed by atoms with Crippen LogP contribution >= 0.6 is 0 Å². The van der Waals surface area contributed by atoms with Gasteiger partial charge in [-0.1, -0.05) is 17.3 Å². The van der Waals surface area contributed by atoms with Gasteiger partial charge in [0.25, 0.3) is 5.92 Å². The minimum Gasteiger partial charge on any atom is -0.452 e. The molecule has 4 heterocycles. The van der Waals surface area contributed by atoms with E-state index >= 15 is 0 Å². The lowest BCUT2D eigenvalue weighted by Crippen LogP contribution is -2.41. The highest BCUT2D eigenvalue weighted by Gasteiger charge is 2.36. The van der Waals surface area contributed by atoms with Crippen LogP contribution in [0.3, 0.4) is 0 Å². The molecule has 0 atom stereocenters. The molecule has 0 amide bonds. The highest BCUT2D eigenvalue weighted by atomic mass is 19.3. The molecule has 1 N–H and O–H groups in total. The van der Waals surface area contributed by atoms with Crippen LogP contribution in [0.25, 0.3) is 27.9 Å². The number of para-hydroxylation sites is 1. The average Bonchev–Trinajstić information content (AvgIpc) is 3.20. The molecule has 0 saturated carbocycles. The van der Waals surface area contributed by atoms with Gasteiger partial charge >= 0.3 is 0 Å². The summed E-state index contributed by atoms with van der Waals surface area (Å²) in [7, 11) is 0. The number of fused-ring (bicyclic) bond motifs is 2. The maximum Gasteiger partial charge on any atom is 0.251 e. The minimum absolute atomic E-state index is 0.129. The largest absolute Gasteiger partial charge is 0.452 e. The molecular weight excluding hydrogens is 378 g/mol. The predicted molar refractivity (Wildman–Crippen MR) is 104 cm³/mol. The molecule has 1 aliphatic rings. The second-order valence-corrected chi connectivity index (χ2v) is 7.18. The van der Waals surface area contributed by atoms with Gasteiger partial charge in [0.2, 0.25) is 0 Å². The van der Waals surface area contributed by atoms with Gasteiger partial charge in [0.15, 0.2) is 5.76 Å². The zero-order valence-electron chi connectivity index (χ0n) is 15.4. The van der Waals surface area contributed by atoms with E-state index < -0.39 is 5.92 Å². The number of hydrogen-bond acceptors (Lipinski definition) is 5. The molecule has 0 bridgehead atoms. The molecule has 0 radical (unpaired) electrons. The summed E-state index contributed by atoms with van der Waals surface area (Å²) in [5.74, 6) is -2.30.